The number of hydrogen-bond acceptors (Lipinski definition) is 2. The van der Waals surface area contributed by atoms with Gasteiger partial charge in [-0.25, -0.2) is 0 Å². The molecule has 2 rings (SSSR count). The number of rotatable bonds is 1. The minimum Gasteiger partial charge on any atom is -0.338 e. The first-order valence-electron chi connectivity index (χ1n) is 3.81. The lowest BCUT2D eigenvalue weighted by atomic mass is 10.2. The number of halogens is 1. The van der Waals surface area contributed by atoms with Gasteiger partial charge in [0.2, 0.25) is 0 Å². The highest BCUT2D eigenvalue weighted by Crippen LogP contribution is 2.25. The molecule has 1 aromatic heterocycles. The van der Waals surface area contributed by atoms with Crippen molar-refractivity contribution in [2.24, 2.45) is 0 Å². The predicted octanol–water partition coefficient (Wildman–Crippen LogP) is 2.36. The molecule has 0 atom stereocenters. The quantitative estimate of drug-likeness (QED) is 0.744. The van der Waals surface area contributed by atoms with E-state index in [1.54, 1.807) is 0 Å². The van der Waals surface area contributed by atoms with Gasteiger partial charge in [0.05, 0.1) is 0 Å². The third-order valence-corrected chi connectivity index (χ3v) is 3.78. The van der Waals surface area contributed by atoms with Gasteiger partial charge < -0.3 is 4.90 Å². The van der Waals surface area contributed by atoms with E-state index in [1.807, 2.05) is 16.3 Å². The third-order valence-electron chi connectivity index (χ3n) is 1.95. The second-order valence-electron chi connectivity index (χ2n) is 2.74. The molecule has 0 aromatic carbocycles. The van der Waals surface area contributed by atoms with Crippen molar-refractivity contribution in [2.75, 3.05) is 13.1 Å². The second-order valence-corrected chi connectivity index (χ2v) is 4.51. The summed E-state index contributed by atoms with van der Waals surface area (Å²) in [5.41, 5.74) is 0. The first kappa shape index (κ1) is 8.26. The number of nitrogens with zero attached hydrogens (tertiary/aromatic N) is 1. The lowest BCUT2D eigenvalue weighted by molar-refractivity contribution is 0.0656. The predicted molar refractivity (Wildman–Crippen MR) is 52.5 cm³/mol. The molecule has 0 aliphatic carbocycles. The zero-order valence-corrected chi connectivity index (χ0v) is 8.82. The van der Waals surface area contributed by atoms with Gasteiger partial charge in [-0.15, -0.1) is 11.3 Å². The molecule has 0 N–H and O–H groups in total. The number of amides is 1. The zero-order valence-electron chi connectivity index (χ0n) is 6.42. The number of thiophene rings is 1. The molecule has 1 aromatic rings. The lowest BCUT2D eigenvalue weighted by Gasteiger charge is -2.30. The molecule has 0 unspecified atom stereocenters. The molecule has 1 aliphatic rings. The largest absolute Gasteiger partial charge is 0.338 e. The van der Waals surface area contributed by atoms with Crippen LogP contribution in [-0.4, -0.2) is 23.9 Å². The summed E-state index contributed by atoms with van der Waals surface area (Å²) in [5.74, 6) is 0.170. The van der Waals surface area contributed by atoms with E-state index in [4.69, 9.17) is 0 Å². The van der Waals surface area contributed by atoms with Gasteiger partial charge in [-0.2, -0.15) is 0 Å². The van der Waals surface area contributed by atoms with Crippen LogP contribution in [0.25, 0.3) is 0 Å². The molecule has 1 saturated heterocycles. The van der Waals surface area contributed by atoms with E-state index in [-0.39, 0.29) is 5.91 Å². The van der Waals surface area contributed by atoms with Gasteiger partial charge in [0.1, 0.15) is 4.88 Å². The van der Waals surface area contributed by atoms with Crippen LogP contribution in [0.5, 0.6) is 0 Å². The van der Waals surface area contributed by atoms with E-state index in [1.165, 1.54) is 11.3 Å². The molecule has 1 fully saturated rings. The maximum absolute atomic E-state index is 11.6. The standard InChI is InChI=1S/C8H8BrNOS/c9-6-2-5-12-7(6)8(11)10-3-1-4-10/h2,5H,1,3-4H2. The van der Waals surface area contributed by atoms with Crippen molar-refractivity contribution in [2.45, 2.75) is 6.42 Å². The summed E-state index contributed by atoms with van der Waals surface area (Å²) in [4.78, 5) is 14.3. The maximum Gasteiger partial charge on any atom is 0.265 e. The topological polar surface area (TPSA) is 20.3 Å². The van der Waals surface area contributed by atoms with E-state index < -0.39 is 0 Å². The van der Waals surface area contributed by atoms with Crippen LogP contribution in [0.2, 0.25) is 0 Å². The fourth-order valence-corrected chi connectivity index (χ4v) is 2.62. The smallest absolute Gasteiger partial charge is 0.265 e. The van der Waals surface area contributed by atoms with E-state index in [0.717, 1.165) is 28.9 Å². The van der Waals surface area contributed by atoms with Crippen molar-refractivity contribution >= 4 is 33.2 Å². The average molecular weight is 246 g/mol. The maximum atomic E-state index is 11.6. The van der Waals surface area contributed by atoms with Crippen LogP contribution in [0.1, 0.15) is 16.1 Å². The summed E-state index contributed by atoms with van der Waals surface area (Å²) >= 11 is 4.85. The molecule has 2 nitrogen and oxygen atoms in total. The van der Waals surface area contributed by atoms with Crippen LogP contribution in [0, 0.1) is 0 Å². The summed E-state index contributed by atoms with van der Waals surface area (Å²) in [6.07, 6.45) is 1.15. The van der Waals surface area contributed by atoms with Gasteiger partial charge in [0, 0.05) is 17.6 Å². The van der Waals surface area contributed by atoms with Crippen LogP contribution in [0.4, 0.5) is 0 Å². The van der Waals surface area contributed by atoms with Crippen molar-refractivity contribution in [3.63, 3.8) is 0 Å². The van der Waals surface area contributed by atoms with Crippen molar-refractivity contribution in [1.29, 1.82) is 0 Å². The van der Waals surface area contributed by atoms with Crippen molar-refractivity contribution in [3.05, 3.63) is 20.8 Å². The SMILES string of the molecule is O=C(c1sccc1Br)N1CCC1. The van der Waals surface area contributed by atoms with Gasteiger partial charge in [0.15, 0.2) is 0 Å². The molecule has 0 radical (unpaired) electrons. The Bertz CT molecular complexity index is 306. The molecule has 1 aliphatic heterocycles. The molecule has 0 saturated carbocycles. The highest BCUT2D eigenvalue weighted by molar-refractivity contribution is 9.10. The van der Waals surface area contributed by atoms with Crippen LogP contribution >= 0.6 is 27.3 Å². The highest BCUT2D eigenvalue weighted by Gasteiger charge is 2.23. The summed E-state index contributed by atoms with van der Waals surface area (Å²) in [6, 6.07) is 1.91. The fourth-order valence-electron chi connectivity index (χ4n) is 1.11. The summed E-state index contributed by atoms with van der Waals surface area (Å²) < 4.78 is 0.921. The molecule has 2 heterocycles. The van der Waals surface area contributed by atoms with Crippen molar-refractivity contribution < 1.29 is 4.79 Å². The van der Waals surface area contributed by atoms with E-state index in [9.17, 15) is 4.79 Å². The minimum absolute atomic E-state index is 0.170. The number of carbonyl (C=O) groups excluding carboxylic acids is 1. The van der Waals surface area contributed by atoms with Crippen molar-refractivity contribution in [3.8, 4) is 0 Å². The molecular weight excluding hydrogens is 238 g/mol. The highest BCUT2D eigenvalue weighted by atomic mass is 79.9. The van der Waals surface area contributed by atoms with E-state index >= 15 is 0 Å². The van der Waals surface area contributed by atoms with E-state index in [2.05, 4.69) is 15.9 Å². The van der Waals surface area contributed by atoms with Gasteiger partial charge >= 0.3 is 0 Å². The monoisotopic (exact) mass is 245 g/mol. The van der Waals surface area contributed by atoms with Crippen LogP contribution in [-0.2, 0) is 0 Å². The Morgan fingerprint density at radius 1 is 1.58 bits per heavy atom. The number of carbonyl (C=O) groups is 1. The molecule has 0 bridgehead atoms. The van der Waals surface area contributed by atoms with Gasteiger partial charge in [0.25, 0.3) is 5.91 Å². The second kappa shape index (κ2) is 3.18. The number of likely N-dealkylation sites (tertiary alicyclic amines) is 1. The normalized spacial score (nSPS) is 15.9. The summed E-state index contributed by atoms with van der Waals surface area (Å²) in [6.45, 7) is 1.84. The molecule has 1 amide bonds. The first-order valence-corrected chi connectivity index (χ1v) is 5.48. The summed E-state index contributed by atoms with van der Waals surface area (Å²) in [5, 5.41) is 1.93. The molecule has 64 valence electrons. The van der Waals surface area contributed by atoms with E-state index in [0.29, 0.717) is 0 Å². The Morgan fingerprint density at radius 3 is 2.75 bits per heavy atom. The Hall–Kier alpha value is -0.350. The number of hydrogen-bond donors (Lipinski definition) is 0. The third kappa shape index (κ3) is 1.29. The van der Waals surface area contributed by atoms with Crippen molar-refractivity contribution in [1.82, 2.24) is 4.90 Å². The summed E-state index contributed by atoms with van der Waals surface area (Å²) in [7, 11) is 0. The van der Waals surface area contributed by atoms with Gasteiger partial charge in [-0.05, 0) is 33.8 Å². The van der Waals surface area contributed by atoms with Crippen LogP contribution in [0.15, 0.2) is 15.9 Å². The van der Waals surface area contributed by atoms with Gasteiger partial charge in [-0.1, -0.05) is 0 Å². The Kier molecular flexibility index (Phi) is 2.19. The van der Waals surface area contributed by atoms with Gasteiger partial charge in [-0.3, -0.25) is 4.79 Å². The average Bonchev–Trinajstić information content (AvgIpc) is 2.31. The lowest BCUT2D eigenvalue weighted by Crippen LogP contribution is -2.41. The Labute approximate surface area is 83.3 Å². The molecule has 12 heavy (non-hydrogen) atoms. The molecular formula is C8H8BrNOS. The Balaban J connectivity index is 2.19. The fraction of sp³-hybridized carbons (Fsp3) is 0.375. The minimum atomic E-state index is 0.170. The zero-order chi connectivity index (χ0) is 8.55. The first-order chi connectivity index (χ1) is 5.79. The molecule has 4 heteroatoms. The Morgan fingerprint density at radius 2 is 2.33 bits per heavy atom. The van der Waals surface area contributed by atoms with Crippen LogP contribution < -0.4 is 0 Å². The molecule has 0 spiro atoms. The van der Waals surface area contributed by atoms with Crippen LogP contribution in [0.3, 0.4) is 0 Å².